The number of thiocarbonyl (C=S) groups is 1. The number of nitrogens with one attached hydrogen (secondary N) is 3. The fourth-order valence-corrected chi connectivity index (χ4v) is 3.62. The summed E-state index contributed by atoms with van der Waals surface area (Å²) in [6.07, 6.45) is 0. The summed E-state index contributed by atoms with van der Waals surface area (Å²) in [5, 5.41) is 11.8. The van der Waals surface area contributed by atoms with Crippen LogP contribution in [0.15, 0.2) is 53.0 Å². The average Bonchev–Trinajstić information content (AvgIpc) is 3.03. The van der Waals surface area contributed by atoms with Gasteiger partial charge in [0.15, 0.2) is 5.11 Å². The van der Waals surface area contributed by atoms with Gasteiger partial charge >= 0.3 is 0 Å². The Bertz CT molecular complexity index is 781. The van der Waals surface area contributed by atoms with Gasteiger partial charge < -0.3 is 16.0 Å². The van der Waals surface area contributed by atoms with Crippen LogP contribution in [-0.4, -0.2) is 11.0 Å². The van der Waals surface area contributed by atoms with Crippen LogP contribution < -0.4 is 16.0 Å². The highest BCUT2D eigenvalue weighted by Crippen LogP contribution is 2.30. The molecule has 0 aliphatic carbocycles. The van der Waals surface area contributed by atoms with Crippen LogP contribution in [0.1, 0.15) is 23.4 Å². The molecule has 2 aromatic rings. The SMILES string of the molecule is CC1=C(C(=O)Nc2ccccc2C)C(c2cccs2)NC(=S)N1. The summed E-state index contributed by atoms with van der Waals surface area (Å²) in [5.41, 5.74) is 3.28. The molecule has 1 aliphatic rings. The first kappa shape index (κ1) is 15.7. The van der Waals surface area contributed by atoms with Gasteiger partial charge in [0.1, 0.15) is 0 Å². The van der Waals surface area contributed by atoms with Crippen LogP contribution in [0, 0.1) is 6.92 Å². The van der Waals surface area contributed by atoms with Gasteiger partial charge in [0.2, 0.25) is 0 Å². The summed E-state index contributed by atoms with van der Waals surface area (Å²) < 4.78 is 0. The molecule has 1 amide bonds. The predicted octanol–water partition coefficient (Wildman–Crippen LogP) is 3.49. The van der Waals surface area contributed by atoms with Crippen molar-refractivity contribution in [1.29, 1.82) is 0 Å². The predicted molar refractivity (Wildman–Crippen MR) is 98.4 cm³/mol. The number of allylic oxidation sites excluding steroid dienone is 1. The summed E-state index contributed by atoms with van der Waals surface area (Å²) in [6.45, 7) is 3.85. The first-order valence-electron chi connectivity index (χ1n) is 7.25. The highest BCUT2D eigenvalue weighted by molar-refractivity contribution is 7.80. The third-order valence-corrected chi connectivity index (χ3v) is 4.89. The van der Waals surface area contributed by atoms with Gasteiger partial charge in [0.05, 0.1) is 11.6 Å². The second-order valence-corrected chi connectivity index (χ2v) is 6.74. The molecule has 0 saturated heterocycles. The summed E-state index contributed by atoms with van der Waals surface area (Å²) in [6, 6.07) is 11.5. The minimum absolute atomic E-state index is 0.127. The molecule has 3 rings (SSSR count). The third kappa shape index (κ3) is 3.28. The molecular weight excluding hydrogens is 326 g/mol. The molecule has 1 unspecified atom stereocenters. The molecule has 118 valence electrons. The molecule has 1 aliphatic heterocycles. The van der Waals surface area contributed by atoms with E-state index in [0.717, 1.165) is 21.8 Å². The monoisotopic (exact) mass is 343 g/mol. The number of aryl methyl sites for hydroxylation is 1. The van der Waals surface area contributed by atoms with Crippen LogP contribution in [-0.2, 0) is 4.79 Å². The van der Waals surface area contributed by atoms with Crippen molar-refractivity contribution >= 4 is 40.3 Å². The molecule has 6 heteroatoms. The number of thiophene rings is 1. The number of benzene rings is 1. The molecule has 0 fully saturated rings. The lowest BCUT2D eigenvalue weighted by Crippen LogP contribution is -2.45. The molecule has 3 N–H and O–H groups in total. The summed E-state index contributed by atoms with van der Waals surface area (Å²) >= 11 is 6.84. The van der Waals surface area contributed by atoms with Gasteiger partial charge in [-0.15, -0.1) is 11.3 Å². The van der Waals surface area contributed by atoms with Crippen molar-refractivity contribution in [2.24, 2.45) is 0 Å². The maximum atomic E-state index is 12.9. The molecule has 1 aromatic heterocycles. The Labute approximate surface area is 144 Å². The van der Waals surface area contributed by atoms with Crippen molar-refractivity contribution in [3.05, 3.63) is 63.5 Å². The smallest absolute Gasteiger partial charge is 0.255 e. The zero-order chi connectivity index (χ0) is 16.4. The summed E-state index contributed by atoms with van der Waals surface area (Å²) in [7, 11) is 0. The number of rotatable bonds is 3. The van der Waals surface area contributed by atoms with Crippen molar-refractivity contribution in [2.75, 3.05) is 5.32 Å². The number of carbonyl (C=O) groups excluding carboxylic acids is 1. The van der Waals surface area contributed by atoms with Gasteiger partial charge in [-0.3, -0.25) is 4.79 Å². The number of anilines is 1. The van der Waals surface area contributed by atoms with Gasteiger partial charge in [-0.25, -0.2) is 0 Å². The van der Waals surface area contributed by atoms with E-state index in [9.17, 15) is 4.79 Å². The molecule has 0 saturated carbocycles. The number of carbonyl (C=O) groups is 1. The largest absolute Gasteiger partial charge is 0.350 e. The fraction of sp³-hybridized carbons (Fsp3) is 0.176. The fourth-order valence-electron chi connectivity index (χ4n) is 2.57. The topological polar surface area (TPSA) is 53.2 Å². The standard InChI is InChI=1S/C17H17N3OS2/c1-10-6-3-4-7-12(10)19-16(21)14-11(2)18-17(22)20-15(14)13-8-5-9-23-13/h3-9,15H,1-2H3,(H,19,21)(H2,18,20,22). The number of hydrogen-bond donors (Lipinski definition) is 3. The zero-order valence-corrected chi connectivity index (χ0v) is 14.5. The molecule has 2 heterocycles. The van der Waals surface area contributed by atoms with Crippen LogP contribution in [0.25, 0.3) is 0 Å². The van der Waals surface area contributed by atoms with Crippen molar-refractivity contribution in [1.82, 2.24) is 10.6 Å². The van der Waals surface area contributed by atoms with Crippen molar-refractivity contribution in [2.45, 2.75) is 19.9 Å². The van der Waals surface area contributed by atoms with Crippen LogP contribution in [0.2, 0.25) is 0 Å². The minimum Gasteiger partial charge on any atom is -0.350 e. The van der Waals surface area contributed by atoms with E-state index >= 15 is 0 Å². The van der Waals surface area contributed by atoms with Gasteiger partial charge in [-0.1, -0.05) is 24.3 Å². The van der Waals surface area contributed by atoms with E-state index in [1.165, 1.54) is 0 Å². The van der Waals surface area contributed by atoms with Gasteiger partial charge in [0, 0.05) is 16.3 Å². The molecule has 1 atom stereocenters. The lowest BCUT2D eigenvalue weighted by atomic mass is 10.0. The van der Waals surface area contributed by atoms with Gasteiger partial charge in [-0.05, 0) is 49.1 Å². The highest BCUT2D eigenvalue weighted by atomic mass is 32.1. The van der Waals surface area contributed by atoms with E-state index in [1.54, 1.807) is 11.3 Å². The van der Waals surface area contributed by atoms with E-state index in [1.807, 2.05) is 55.6 Å². The van der Waals surface area contributed by atoms with Crippen molar-refractivity contribution < 1.29 is 4.79 Å². The first-order valence-corrected chi connectivity index (χ1v) is 8.53. The lowest BCUT2D eigenvalue weighted by molar-refractivity contribution is -0.113. The van der Waals surface area contributed by atoms with E-state index < -0.39 is 0 Å². The minimum atomic E-state index is -0.229. The van der Waals surface area contributed by atoms with Crippen LogP contribution in [0.4, 0.5) is 5.69 Å². The van der Waals surface area contributed by atoms with Gasteiger partial charge in [0.25, 0.3) is 5.91 Å². The summed E-state index contributed by atoms with van der Waals surface area (Å²) in [4.78, 5) is 13.9. The van der Waals surface area contributed by atoms with E-state index in [-0.39, 0.29) is 11.9 Å². The second kappa shape index (κ2) is 6.52. The van der Waals surface area contributed by atoms with Crippen LogP contribution in [0.3, 0.4) is 0 Å². The molecule has 0 radical (unpaired) electrons. The normalized spacial score (nSPS) is 17.5. The van der Waals surface area contributed by atoms with Crippen molar-refractivity contribution in [3.63, 3.8) is 0 Å². The first-order chi connectivity index (χ1) is 11.1. The Morgan fingerprint density at radius 3 is 2.70 bits per heavy atom. The Kier molecular flexibility index (Phi) is 4.45. The van der Waals surface area contributed by atoms with E-state index in [2.05, 4.69) is 16.0 Å². The number of para-hydroxylation sites is 1. The second-order valence-electron chi connectivity index (χ2n) is 5.35. The Balaban J connectivity index is 1.94. The third-order valence-electron chi connectivity index (χ3n) is 3.73. The molecule has 23 heavy (non-hydrogen) atoms. The Morgan fingerprint density at radius 1 is 1.22 bits per heavy atom. The van der Waals surface area contributed by atoms with Crippen LogP contribution >= 0.6 is 23.6 Å². The molecule has 4 nitrogen and oxygen atoms in total. The lowest BCUT2D eigenvalue weighted by Gasteiger charge is -2.29. The number of amides is 1. The van der Waals surface area contributed by atoms with Gasteiger partial charge in [-0.2, -0.15) is 0 Å². The van der Waals surface area contributed by atoms with Crippen molar-refractivity contribution in [3.8, 4) is 0 Å². The van der Waals surface area contributed by atoms with Crippen LogP contribution in [0.5, 0.6) is 0 Å². The Hall–Kier alpha value is -2.18. The van der Waals surface area contributed by atoms with E-state index in [0.29, 0.717) is 10.7 Å². The zero-order valence-electron chi connectivity index (χ0n) is 12.8. The summed E-state index contributed by atoms with van der Waals surface area (Å²) in [5.74, 6) is -0.127. The quantitative estimate of drug-likeness (QED) is 0.747. The Morgan fingerprint density at radius 2 is 2.00 bits per heavy atom. The molecule has 1 aromatic carbocycles. The highest BCUT2D eigenvalue weighted by Gasteiger charge is 2.30. The average molecular weight is 343 g/mol. The molecule has 0 bridgehead atoms. The maximum Gasteiger partial charge on any atom is 0.255 e. The maximum absolute atomic E-state index is 12.9. The molecule has 0 spiro atoms. The van der Waals surface area contributed by atoms with E-state index in [4.69, 9.17) is 12.2 Å². The molecular formula is C17H17N3OS2. The number of hydrogen-bond acceptors (Lipinski definition) is 3.